The monoisotopic (exact) mass is 350 g/mol. The Morgan fingerprint density at radius 1 is 1.27 bits per heavy atom. The molecule has 1 saturated heterocycles. The van der Waals surface area contributed by atoms with Gasteiger partial charge in [0.25, 0.3) is 6.29 Å². The third-order valence-corrected chi connectivity index (χ3v) is 2.57. The standard InChI is InChI=1S/C2H4O6P2.Dy/c3-1-2-6-9(4)8-10(5)7-2;/h2-3H,1H2;/q+2;. The Morgan fingerprint density at radius 3 is 2.09 bits per heavy atom. The predicted octanol–water partition coefficient (Wildman–Crippen LogP) is 0.683. The molecule has 0 amide bonds. The molecule has 0 bridgehead atoms. The van der Waals surface area contributed by atoms with Gasteiger partial charge in [-0.05, 0) is 0 Å². The molecule has 0 aromatic carbocycles. The van der Waals surface area contributed by atoms with Gasteiger partial charge in [-0.3, -0.25) is 0 Å². The van der Waals surface area contributed by atoms with Crippen molar-refractivity contribution in [1.29, 1.82) is 0 Å². The zero-order valence-corrected chi connectivity index (χ0v) is 8.80. The fourth-order valence-corrected chi connectivity index (χ4v) is 1.79. The molecule has 6 nitrogen and oxygen atoms in total. The predicted molar refractivity (Wildman–Crippen MR) is 29.3 cm³/mol. The first kappa shape index (κ1) is 12.3. The van der Waals surface area contributed by atoms with Crippen molar-refractivity contribution in [3.63, 3.8) is 0 Å². The summed E-state index contributed by atoms with van der Waals surface area (Å²) in [5.74, 6) is 0. The van der Waals surface area contributed by atoms with Gasteiger partial charge in [-0.2, -0.15) is 0 Å². The van der Waals surface area contributed by atoms with Crippen LogP contribution in [0.2, 0.25) is 0 Å². The van der Waals surface area contributed by atoms with Gasteiger partial charge in [0.1, 0.15) is 6.61 Å². The Bertz CT molecular complexity index is 156. The van der Waals surface area contributed by atoms with Crippen molar-refractivity contribution in [1.82, 2.24) is 0 Å². The van der Waals surface area contributed by atoms with Gasteiger partial charge in [0, 0.05) is 47.3 Å². The Balaban J connectivity index is 0.000001000. The van der Waals surface area contributed by atoms with E-state index in [9.17, 15) is 9.13 Å². The second-order valence-electron chi connectivity index (χ2n) is 1.35. The topological polar surface area (TPSA) is 82.1 Å². The van der Waals surface area contributed by atoms with E-state index in [4.69, 9.17) is 5.11 Å². The van der Waals surface area contributed by atoms with E-state index in [1.54, 1.807) is 0 Å². The molecule has 1 rings (SSSR count). The summed E-state index contributed by atoms with van der Waals surface area (Å²) in [4.78, 5) is 0. The molecule has 2 atom stereocenters. The van der Waals surface area contributed by atoms with Crippen LogP contribution in [0, 0.1) is 38.2 Å². The maximum atomic E-state index is 10.4. The van der Waals surface area contributed by atoms with Crippen molar-refractivity contribution in [2.45, 2.75) is 6.29 Å². The Kier molecular flexibility index (Phi) is 6.57. The molecule has 0 aliphatic carbocycles. The minimum absolute atomic E-state index is 0. The van der Waals surface area contributed by atoms with E-state index >= 15 is 0 Å². The van der Waals surface area contributed by atoms with Gasteiger partial charge >= 0.3 is 16.5 Å². The maximum Gasteiger partial charge on any atom is 0.750 e. The molecule has 1 aliphatic rings. The van der Waals surface area contributed by atoms with Crippen molar-refractivity contribution < 1.29 is 65.8 Å². The van der Waals surface area contributed by atoms with E-state index in [0.29, 0.717) is 0 Å². The summed E-state index contributed by atoms with van der Waals surface area (Å²) in [6.07, 6.45) is -1.10. The van der Waals surface area contributed by atoms with Gasteiger partial charge in [0.2, 0.25) is 0 Å². The van der Waals surface area contributed by atoms with Crippen LogP contribution in [0.3, 0.4) is 0 Å². The van der Waals surface area contributed by atoms with E-state index in [1.165, 1.54) is 0 Å². The molecule has 1 N–H and O–H groups in total. The van der Waals surface area contributed by atoms with Crippen molar-refractivity contribution in [2.24, 2.45) is 0 Å². The molecule has 1 heterocycles. The Morgan fingerprint density at radius 2 is 1.73 bits per heavy atom. The summed E-state index contributed by atoms with van der Waals surface area (Å²) < 4.78 is 33.5. The van der Waals surface area contributed by atoms with Crippen molar-refractivity contribution in [3.05, 3.63) is 0 Å². The molecule has 0 aromatic heterocycles. The zero-order valence-electron chi connectivity index (χ0n) is 4.98. The number of rotatable bonds is 1. The van der Waals surface area contributed by atoms with Crippen LogP contribution in [0.4, 0.5) is 0 Å². The largest absolute Gasteiger partial charge is 0.750 e. The Hall–Kier alpha value is 1.31. The fourth-order valence-electron chi connectivity index (χ4n) is 0.371. The van der Waals surface area contributed by atoms with Crippen molar-refractivity contribution in [2.75, 3.05) is 6.61 Å². The van der Waals surface area contributed by atoms with Crippen LogP contribution in [0.1, 0.15) is 0 Å². The van der Waals surface area contributed by atoms with E-state index in [0.717, 1.165) is 0 Å². The minimum atomic E-state index is -2.39. The second kappa shape index (κ2) is 5.87. The SMILES string of the molecule is O=[P+]1OC(CO)O[P+](=O)O1.[Dy]. The van der Waals surface area contributed by atoms with E-state index in [-0.39, 0.29) is 38.2 Å². The molecule has 11 heavy (non-hydrogen) atoms. The van der Waals surface area contributed by atoms with Crippen LogP contribution in [-0.2, 0) is 22.5 Å². The fraction of sp³-hybridized carbons (Fsp3) is 1.00. The van der Waals surface area contributed by atoms with Gasteiger partial charge in [0.15, 0.2) is 4.31 Å². The first-order valence-corrected chi connectivity index (χ1v) is 4.48. The van der Waals surface area contributed by atoms with Crippen molar-refractivity contribution >= 4 is 16.5 Å². The van der Waals surface area contributed by atoms with E-state index < -0.39 is 29.4 Å². The molecular weight excluding hydrogens is 344 g/mol. The summed E-state index contributed by atoms with van der Waals surface area (Å²) in [6.45, 7) is -0.495. The molecule has 1 aliphatic heterocycles. The quantitative estimate of drug-likeness (QED) is 0.702. The number of hydrogen-bond acceptors (Lipinski definition) is 6. The van der Waals surface area contributed by atoms with Crippen LogP contribution in [0.15, 0.2) is 0 Å². The summed E-state index contributed by atoms with van der Waals surface area (Å²) in [7, 11) is -4.79. The molecule has 0 aromatic rings. The molecule has 1 fully saturated rings. The van der Waals surface area contributed by atoms with Crippen LogP contribution < -0.4 is 0 Å². The summed E-state index contributed by atoms with van der Waals surface area (Å²) >= 11 is 0. The Labute approximate surface area is 94.5 Å². The van der Waals surface area contributed by atoms with Gasteiger partial charge in [0.05, 0.1) is 0 Å². The normalized spacial score (nSPS) is 31.2. The second-order valence-corrected chi connectivity index (χ2v) is 3.32. The molecule has 9 heteroatoms. The molecular formula is C2H4DyO6P2+2. The summed E-state index contributed by atoms with van der Waals surface area (Å²) in [6, 6.07) is 0. The average Bonchev–Trinajstić information content (AvgIpc) is 1.85. The maximum absolute atomic E-state index is 10.4. The third-order valence-electron chi connectivity index (χ3n) is 0.690. The first-order chi connectivity index (χ1) is 4.72. The van der Waals surface area contributed by atoms with Crippen LogP contribution in [-0.4, -0.2) is 18.0 Å². The number of aliphatic hydroxyl groups is 1. The van der Waals surface area contributed by atoms with Gasteiger partial charge in [-0.1, -0.05) is 9.05 Å². The molecule has 0 saturated carbocycles. The van der Waals surface area contributed by atoms with Crippen molar-refractivity contribution in [3.8, 4) is 0 Å². The van der Waals surface area contributed by atoms with Crippen LogP contribution >= 0.6 is 16.5 Å². The molecule has 0 radical (unpaired) electrons. The third kappa shape index (κ3) is 4.18. The zero-order chi connectivity index (χ0) is 7.56. The molecule has 0 spiro atoms. The average molecular weight is 348 g/mol. The van der Waals surface area contributed by atoms with E-state index in [2.05, 4.69) is 13.4 Å². The smallest absolute Gasteiger partial charge is 0.391 e. The first-order valence-electron chi connectivity index (χ1n) is 2.29. The molecule has 2 unspecified atom stereocenters. The minimum Gasteiger partial charge on any atom is -0.391 e. The van der Waals surface area contributed by atoms with Crippen LogP contribution in [0.25, 0.3) is 0 Å². The van der Waals surface area contributed by atoms with Gasteiger partial charge < -0.3 is 5.11 Å². The molecule has 66 valence electrons. The van der Waals surface area contributed by atoms with E-state index in [1.807, 2.05) is 0 Å². The summed E-state index contributed by atoms with van der Waals surface area (Å²) in [5, 5.41) is 8.36. The summed E-state index contributed by atoms with van der Waals surface area (Å²) in [5.41, 5.74) is 0. The van der Waals surface area contributed by atoms with Crippen LogP contribution in [0.5, 0.6) is 0 Å². The number of hydrogen-bond donors (Lipinski definition) is 1. The van der Waals surface area contributed by atoms with Gasteiger partial charge in [-0.15, -0.1) is 0 Å². The number of aliphatic hydroxyl groups excluding tert-OH is 1. The van der Waals surface area contributed by atoms with Gasteiger partial charge in [-0.25, -0.2) is 0 Å².